The number of alkyl halides is 2. The van der Waals surface area contributed by atoms with Crippen molar-refractivity contribution in [1.29, 1.82) is 0 Å². The van der Waals surface area contributed by atoms with Crippen molar-refractivity contribution in [2.24, 2.45) is 5.41 Å². The van der Waals surface area contributed by atoms with Gasteiger partial charge in [0.05, 0.1) is 6.04 Å². The summed E-state index contributed by atoms with van der Waals surface area (Å²) in [5.74, 6) is -0.918. The number of carbonyl (C=O) groups is 2. The number of amides is 1. The lowest BCUT2D eigenvalue weighted by Crippen LogP contribution is -2.33. The van der Waals surface area contributed by atoms with Gasteiger partial charge in [-0.1, -0.05) is 42.5 Å². The smallest absolute Gasteiger partial charge is 0.315 e. The fraction of sp³-hybridized carbons (Fsp3) is 0.368. The molecule has 0 aliphatic heterocycles. The molecule has 1 fully saturated rings. The molecular formula is C19H19Cl2NO3. The molecule has 132 valence electrons. The van der Waals surface area contributed by atoms with Gasteiger partial charge in [-0.25, -0.2) is 0 Å². The topological polar surface area (TPSA) is 55.4 Å². The first-order valence-electron chi connectivity index (χ1n) is 8.07. The lowest BCUT2D eigenvalue weighted by atomic mass is 10.00. The predicted octanol–water partition coefficient (Wildman–Crippen LogP) is 4.14. The van der Waals surface area contributed by atoms with E-state index in [2.05, 4.69) is 5.32 Å². The molecule has 1 amide bonds. The van der Waals surface area contributed by atoms with Crippen LogP contribution in [0.3, 0.4) is 0 Å². The fourth-order valence-corrected chi connectivity index (χ4v) is 3.59. The molecule has 1 saturated carbocycles. The highest BCUT2D eigenvalue weighted by Crippen LogP contribution is 2.64. The Hall–Kier alpha value is -1.78. The van der Waals surface area contributed by atoms with Crippen molar-refractivity contribution < 1.29 is 14.3 Å². The Morgan fingerprint density at radius 3 is 2.52 bits per heavy atom. The van der Waals surface area contributed by atoms with Crippen molar-refractivity contribution in [3.63, 3.8) is 0 Å². The molecule has 3 rings (SSSR count). The van der Waals surface area contributed by atoms with Crippen LogP contribution >= 0.6 is 23.2 Å². The van der Waals surface area contributed by atoms with Gasteiger partial charge in [0.15, 0.2) is 6.61 Å². The molecule has 25 heavy (non-hydrogen) atoms. The second kappa shape index (κ2) is 6.50. The summed E-state index contributed by atoms with van der Waals surface area (Å²) in [6, 6.07) is 13.7. The zero-order valence-corrected chi connectivity index (χ0v) is 15.5. The molecule has 1 aliphatic rings. The highest BCUT2D eigenvalue weighted by atomic mass is 35.5. The Morgan fingerprint density at radius 2 is 1.84 bits per heavy atom. The number of ether oxygens (including phenoxy) is 1. The highest BCUT2D eigenvalue weighted by Gasteiger charge is 2.69. The third kappa shape index (κ3) is 3.46. The van der Waals surface area contributed by atoms with E-state index in [1.165, 1.54) is 0 Å². The van der Waals surface area contributed by atoms with Gasteiger partial charge in [0, 0.05) is 6.42 Å². The lowest BCUT2D eigenvalue weighted by Gasteiger charge is -2.17. The Kier molecular flexibility index (Phi) is 4.69. The fourth-order valence-electron chi connectivity index (χ4n) is 2.90. The van der Waals surface area contributed by atoms with Crippen LogP contribution in [0, 0.1) is 5.41 Å². The van der Waals surface area contributed by atoms with Gasteiger partial charge < -0.3 is 10.1 Å². The molecule has 6 heteroatoms. The van der Waals surface area contributed by atoms with Gasteiger partial charge >= 0.3 is 5.97 Å². The maximum atomic E-state index is 12.1. The molecule has 0 aromatic heterocycles. The van der Waals surface area contributed by atoms with Crippen LogP contribution < -0.4 is 5.32 Å². The lowest BCUT2D eigenvalue weighted by molar-refractivity contribution is -0.153. The second-order valence-corrected chi connectivity index (χ2v) is 8.13. The molecule has 1 N–H and O–H groups in total. The summed E-state index contributed by atoms with van der Waals surface area (Å²) in [5.41, 5.74) is 0.0740. The van der Waals surface area contributed by atoms with E-state index in [1.807, 2.05) is 49.4 Å². The number of halogens is 2. The summed E-state index contributed by atoms with van der Waals surface area (Å²) in [7, 11) is 0. The average Bonchev–Trinajstić information content (AvgIpc) is 3.11. The van der Waals surface area contributed by atoms with E-state index in [0.29, 0.717) is 6.42 Å². The predicted molar refractivity (Wildman–Crippen MR) is 98.6 cm³/mol. The number of fused-ring (bicyclic) bond motifs is 1. The minimum atomic E-state index is -1.10. The van der Waals surface area contributed by atoms with Crippen molar-refractivity contribution in [1.82, 2.24) is 5.32 Å². The number of hydrogen-bond donors (Lipinski definition) is 1. The summed E-state index contributed by atoms with van der Waals surface area (Å²) < 4.78 is 3.97. The molecule has 0 unspecified atom stereocenters. The molecule has 0 bridgehead atoms. The van der Waals surface area contributed by atoms with E-state index >= 15 is 0 Å². The van der Waals surface area contributed by atoms with Crippen LogP contribution in [0.4, 0.5) is 0 Å². The standard InChI is InChI=1S/C19H19Cl2NO3/c1-12(14-9-5-7-13-6-3-4-8-15(13)14)22-16(23)10-25-17(24)18(2)11-19(18,20)21/h3-9,12H,10-11H2,1-2H3,(H,22,23)/t12-,18+/m1/s1. The third-order valence-electron chi connectivity index (χ3n) is 4.71. The molecular weight excluding hydrogens is 361 g/mol. The molecule has 0 spiro atoms. The van der Waals surface area contributed by atoms with Gasteiger partial charge in [0.2, 0.25) is 0 Å². The van der Waals surface area contributed by atoms with E-state index in [9.17, 15) is 9.59 Å². The van der Waals surface area contributed by atoms with Gasteiger partial charge in [0.25, 0.3) is 5.91 Å². The number of esters is 1. The number of carbonyl (C=O) groups excluding carboxylic acids is 2. The number of hydrogen-bond acceptors (Lipinski definition) is 3. The number of benzene rings is 2. The van der Waals surface area contributed by atoms with Crippen LogP contribution in [0.25, 0.3) is 10.8 Å². The minimum absolute atomic E-state index is 0.214. The van der Waals surface area contributed by atoms with Gasteiger partial charge in [-0.05, 0) is 30.2 Å². The molecule has 4 nitrogen and oxygen atoms in total. The van der Waals surface area contributed by atoms with Gasteiger partial charge in [-0.15, -0.1) is 23.2 Å². The van der Waals surface area contributed by atoms with E-state index in [1.54, 1.807) is 6.92 Å². The maximum absolute atomic E-state index is 12.1. The first-order chi connectivity index (χ1) is 11.7. The Balaban J connectivity index is 1.60. The van der Waals surface area contributed by atoms with Crippen molar-refractivity contribution in [3.05, 3.63) is 48.0 Å². The SMILES string of the molecule is C[C@@H](NC(=O)COC(=O)[C@]1(C)CC1(Cl)Cl)c1cccc2ccccc12. The molecule has 2 aromatic carbocycles. The Labute approximate surface area is 156 Å². The molecule has 2 aromatic rings. The van der Waals surface area contributed by atoms with Crippen molar-refractivity contribution in [3.8, 4) is 0 Å². The molecule has 2 atom stereocenters. The van der Waals surface area contributed by atoms with E-state index in [-0.39, 0.29) is 18.6 Å². The minimum Gasteiger partial charge on any atom is -0.455 e. The van der Waals surface area contributed by atoms with Crippen LogP contribution in [0.15, 0.2) is 42.5 Å². The number of rotatable bonds is 5. The van der Waals surface area contributed by atoms with Gasteiger partial charge in [0.1, 0.15) is 9.75 Å². The quantitative estimate of drug-likeness (QED) is 0.627. The van der Waals surface area contributed by atoms with Crippen LogP contribution in [0.2, 0.25) is 0 Å². The summed E-state index contributed by atoms with van der Waals surface area (Å²) in [5, 5.41) is 5.04. The Bertz CT molecular complexity index is 831. The maximum Gasteiger partial charge on any atom is 0.315 e. The highest BCUT2D eigenvalue weighted by molar-refractivity contribution is 6.53. The monoisotopic (exact) mass is 379 g/mol. The summed E-state index contributed by atoms with van der Waals surface area (Å²) in [6.07, 6.45) is 0.329. The van der Waals surface area contributed by atoms with Crippen LogP contribution in [-0.4, -0.2) is 22.8 Å². The van der Waals surface area contributed by atoms with Crippen LogP contribution in [0.5, 0.6) is 0 Å². The van der Waals surface area contributed by atoms with E-state index < -0.39 is 15.7 Å². The normalized spacial score (nSPS) is 22.2. The van der Waals surface area contributed by atoms with Gasteiger partial charge in [-0.3, -0.25) is 9.59 Å². The van der Waals surface area contributed by atoms with Crippen LogP contribution in [0.1, 0.15) is 31.9 Å². The first-order valence-corrected chi connectivity index (χ1v) is 8.82. The largest absolute Gasteiger partial charge is 0.455 e. The van der Waals surface area contributed by atoms with Crippen molar-refractivity contribution >= 4 is 45.9 Å². The molecule has 1 aliphatic carbocycles. The summed E-state index contributed by atoms with van der Waals surface area (Å²) in [6.45, 7) is 3.17. The first kappa shape index (κ1) is 18.0. The molecule has 0 saturated heterocycles. The zero-order chi connectivity index (χ0) is 18.2. The molecule has 0 radical (unpaired) electrons. The number of nitrogens with one attached hydrogen (secondary N) is 1. The summed E-state index contributed by atoms with van der Waals surface area (Å²) >= 11 is 11.9. The van der Waals surface area contributed by atoms with Crippen molar-refractivity contribution in [2.45, 2.75) is 30.6 Å². The van der Waals surface area contributed by atoms with E-state index in [4.69, 9.17) is 27.9 Å². The van der Waals surface area contributed by atoms with Crippen molar-refractivity contribution in [2.75, 3.05) is 6.61 Å². The zero-order valence-electron chi connectivity index (χ0n) is 14.0. The Morgan fingerprint density at radius 1 is 1.20 bits per heavy atom. The average molecular weight is 380 g/mol. The second-order valence-electron chi connectivity index (χ2n) is 6.65. The summed E-state index contributed by atoms with van der Waals surface area (Å²) in [4.78, 5) is 24.1. The van der Waals surface area contributed by atoms with Gasteiger partial charge in [-0.2, -0.15) is 0 Å². The van der Waals surface area contributed by atoms with Crippen LogP contribution in [-0.2, 0) is 14.3 Å². The third-order valence-corrected chi connectivity index (χ3v) is 5.81. The molecule has 0 heterocycles. The van der Waals surface area contributed by atoms with E-state index in [0.717, 1.165) is 16.3 Å².